The minimum absolute atomic E-state index is 0.155. The number of hydrogen-bond donors (Lipinski definition) is 0. The van der Waals surface area contributed by atoms with Crippen molar-refractivity contribution in [2.75, 3.05) is 7.11 Å². The van der Waals surface area contributed by atoms with Gasteiger partial charge in [-0.25, -0.2) is 0 Å². The molecule has 5 nitrogen and oxygen atoms in total. The molecule has 0 aromatic heterocycles. The van der Waals surface area contributed by atoms with Crippen LogP contribution in [0.15, 0.2) is 0 Å². The Bertz CT molecular complexity index is 246. The van der Waals surface area contributed by atoms with Gasteiger partial charge in [0.15, 0.2) is 0 Å². The number of nitrogens with zero attached hydrogens (tertiary/aromatic N) is 1. The van der Waals surface area contributed by atoms with E-state index >= 15 is 0 Å². The molecule has 1 aliphatic carbocycles. The third-order valence-electron chi connectivity index (χ3n) is 3.17. The van der Waals surface area contributed by atoms with E-state index in [4.69, 9.17) is 0 Å². The highest BCUT2D eigenvalue weighted by Gasteiger charge is 2.44. The lowest BCUT2D eigenvalue weighted by molar-refractivity contribution is -0.569. The van der Waals surface area contributed by atoms with Gasteiger partial charge in [0.05, 0.1) is 7.11 Å². The molecular formula is C10H17NO4. The van der Waals surface area contributed by atoms with E-state index in [2.05, 4.69) is 4.74 Å². The molecular weight excluding hydrogens is 198 g/mol. The number of methoxy groups -OCH3 is 1. The van der Waals surface area contributed by atoms with E-state index in [0.717, 1.165) is 12.8 Å². The molecule has 0 aliphatic heterocycles. The van der Waals surface area contributed by atoms with Gasteiger partial charge < -0.3 is 4.74 Å². The zero-order valence-corrected chi connectivity index (χ0v) is 9.03. The molecule has 0 atom stereocenters. The number of nitro groups is 1. The van der Waals surface area contributed by atoms with E-state index in [1.807, 2.05) is 0 Å². The van der Waals surface area contributed by atoms with Crippen molar-refractivity contribution in [2.24, 2.45) is 0 Å². The molecule has 1 saturated carbocycles. The standard InChI is InChI=1S/C10H17NO4/c1-15-9(12)5-4-8-10(11(13)14)6-2-3-7-10/h2-8H2,1H3. The van der Waals surface area contributed by atoms with Gasteiger partial charge >= 0.3 is 5.97 Å². The Morgan fingerprint density at radius 1 is 1.47 bits per heavy atom. The summed E-state index contributed by atoms with van der Waals surface area (Å²) >= 11 is 0. The molecule has 0 amide bonds. The molecule has 0 aromatic carbocycles. The normalized spacial score (nSPS) is 18.7. The van der Waals surface area contributed by atoms with E-state index in [1.54, 1.807) is 0 Å². The Morgan fingerprint density at radius 3 is 2.53 bits per heavy atom. The summed E-state index contributed by atoms with van der Waals surface area (Å²) in [6, 6.07) is 0. The lowest BCUT2D eigenvalue weighted by atomic mass is 9.92. The van der Waals surface area contributed by atoms with Crippen LogP contribution in [0, 0.1) is 10.1 Å². The second-order valence-corrected chi connectivity index (χ2v) is 4.12. The minimum Gasteiger partial charge on any atom is -0.469 e. The maximum atomic E-state index is 11.0. The van der Waals surface area contributed by atoms with Crippen LogP contribution >= 0.6 is 0 Å². The monoisotopic (exact) mass is 215 g/mol. The number of ether oxygens (including phenoxy) is 1. The minimum atomic E-state index is -0.756. The first-order valence-electron chi connectivity index (χ1n) is 5.32. The molecule has 0 saturated heterocycles. The number of hydrogen-bond acceptors (Lipinski definition) is 4. The Morgan fingerprint density at radius 2 is 2.07 bits per heavy atom. The van der Waals surface area contributed by atoms with E-state index in [9.17, 15) is 14.9 Å². The Balaban J connectivity index is 2.39. The first-order chi connectivity index (χ1) is 7.10. The van der Waals surface area contributed by atoms with Crippen molar-refractivity contribution in [1.29, 1.82) is 0 Å². The Hall–Kier alpha value is -1.13. The molecule has 5 heteroatoms. The summed E-state index contributed by atoms with van der Waals surface area (Å²) in [6.45, 7) is 0. The second-order valence-electron chi connectivity index (χ2n) is 4.12. The van der Waals surface area contributed by atoms with Crippen LogP contribution in [0.1, 0.15) is 44.9 Å². The van der Waals surface area contributed by atoms with Crippen LogP contribution in [0.2, 0.25) is 0 Å². The third-order valence-corrected chi connectivity index (χ3v) is 3.17. The highest BCUT2D eigenvalue weighted by molar-refractivity contribution is 5.68. The van der Waals surface area contributed by atoms with Gasteiger partial charge in [-0.1, -0.05) is 0 Å². The van der Waals surface area contributed by atoms with Crippen LogP contribution in [0.25, 0.3) is 0 Å². The molecule has 1 aliphatic rings. The molecule has 0 aromatic rings. The quantitative estimate of drug-likeness (QED) is 0.399. The topological polar surface area (TPSA) is 69.4 Å². The summed E-state index contributed by atoms with van der Waals surface area (Å²) in [5.41, 5.74) is -0.756. The van der Waals surface area contributed by atoms with Gasteiger partial charge in [-0.05, 0) is 19.3 Å². The first-order valence-corrected chi connectivity index (χ1v) is 5.32. The lowest BCUT2D eigenvalue weighted by Gasteiger charge is -2.19. The molecule has 0 heterocycles. The number of carbonyl (C=O) groups excluding carboxylic acids is 1. The Kier molecular flexibility index (Phi) is 4.05. The predicted molar refractivity (Wildman–Crippen MR) is 54.1 cm³/mol. The van der Waals surface area contributed by atoms with E-state index in [1.165, 1.54) is 7.11 Å². The van der Waals surface area contributed by atoms with E-state index in [-0.39, 0.29) is 17.3 Å². The van der Waals surface area contributed by atoms with Gasteiger partial charge in [-0.2, -0.15) is 0 Å². The molecule has 0 unspecified atom stereocenters. The molecule has 0 bridgehead atoms. The third kappa shape index (κ3) is 2.91. The SMILES string of the molecule is COC(=O)CCCC1([N+](=O)[O-])CCCC1. The zero-order chi connectivity index (χ0) is 11.3. The van der Waals surface area contributed by atoms with E-state index < -0.39 is 5.54 Å². The fraction of sp³-hybridized carbons (Fsp3) is 0.900. The summed E-state index contributed by atoms with van der Waals surface area (Å²) in [4.78, 5) is 21.7. The first kappa shape index (κ1) is 11.9. The highest BCUT2D eigenvalue weighted by atomic mass is 16.6. The molecule has 1 fully saturated rings. The molecule has 15 heavy (non-hydrogen) atoms. The average Bonchev–Trinajstić information content (AvgIpc) is 2.67. The zero-order valence-electron chi connectivity index (χ0n) is 9.03. The van der Waals surface area contributed by atoms with Crippen molar-refractivity contribution >= 4 is 5.97 Å². The van der Waals surface area contributed by atoms with Crippen LogP contribution in [-0.4, -0.2) is 23.5 Å². The lowest BCUT2D eigenvalue weighted by Crippen LogP contribution is -2.35. The van der Waals surface area contributed by atoms with Crippen molar-refractivity contribution in [3.8, 4) is 0 Å². The van der Waals surface area contributed by atoms with Crippen LogP contribution in [0.4, 0.5) is 0 Å². The van der Waals surface area contributed by atoms with Gasteiger partial charge in [-0.15, -0.1) is 0 Å². The molecule has 0 radical (unpaired) electrons. The maximum absolute atomic E-state index is 11.0. The summed E-state index contributed by atoms with van der Waals surface area (Å²) in [5, 5.41) is 11.0. The Labute approximate surface area is 88.9 Å². The highest BCUT2D eigenvalue weighted by Crippen LogP contribution is 2.36. The molecule has 86 valence electrons. The molecule has 0 spiro atoms. The number of rotatable bonds is 5. The van der Waals surface area contributed by atoms with Gasteiger partial charge in [0.2, 0.25) is 5.54 Å². The van der Waals surface area contributed by atoms with Crippen LogP contribution in [0.5, 0.6) is 0 Å². The van der Waals surface area contributed by atoms with Crippen LogP contribution in [-0.2, 0) is 9.53 Å². The van der Waals surface area contributed by atoms with Crippen LogP contribution < -0.4 is 0 Å². The fourth-order valence-electron chi connectivity index (χ4n) is 2.22. The average molecular weight is 215 g/mol. The number of esters is 1. The fourth-order valence-corrected chi connectivity index (χ4v) is 2.22. The summed E-state index contributed by atoms with van der Waals surface area (Å²) < 4.78 is 4.50. The predicted octanol–water partition coefficient (Wildman–Crippen LogP) is 1.92. The van der Waals surface area contributed by atoms with Gasteiger partial charge in [0.1, 0.15) is 0 Å². The van der Waals surface area contributed by atoms with Crippen LogP contribution in [0.3, 0.4) is 0 Å². The number of carbonyl (C=O) groups is 1. The largest absolute Gasteiger partial charge is 0.469 e. The van der Waals surface area contributed by atoms with Crippen molar-refractivity contribution in [3.05, 3.63) is 10.1 Å². The van der Waals surface area contributed by atoms with Gasteiger partial charge in [0, 0.05) is 30.6 Å². The van der Waals surface area contributed by atoms with Crippen molar-refractivity contribution in [2.45, 2.75) is 50.5 Å². The van der Waals surface area contributed by atoms with E-state index in [0.29, 0.717) is 25.7 Å². The molecule has 0 N–H and O–H groups in total. The molecule has 1 rings (SSSR count). The van der Waals surface area contributed by atoms with Crippen molar-refractivity contribution in [3.63, 3.8) is 0 Å². The smallest absolute Gasteiger partial charge is 0.305 e. The maximum Gasteiger partial charge on any atom is 0.305 e. The van der Waals surface area contributed by atoms with Gasteiger partial charge in [0.25, 0.3) is 0 Å². The summed E-state index contributed by atoms with van der Waals surface area (Å²) in [5.74, 6) is -0.286. The second kappa shape index (κ2) is 5.09. The summed E-state index contributed by atoms with van der Waals surface area (Å²) in [6.07, 6.45) is 4.50. The van der Waals surface area contributed by atoms with Gasteiger partial charge in [-0.3, -0.25) is 14.9 Å². The van der Waals surface area contributed by atoms with Crippen molar-refractivity contribution in [1.82, 2.24) is 0 Å². The summed E-state index contributed by atoms with van der Waals surface area (Å²) in [7, 11) is 1.33. The van der Waals surface area contributed by atoms with Crippen molar-refractivity contribution < 1.29 is 14.5 Å².